The lowest BCUT2D eigenvalue weighted by Gasteiger charge is -2.31. The van der Waals surface area contributed by atoms with Crippen molar-refractivity contribution in [1.29, 1.82) is 0 Å². The Kier molecular flexibility index (Phi) is 1.09. The number of rotatable bonds is 0. The molecule has 1 heterocycles. The fourth-order valence-corrected chi connectivity index (χ4v) is 0.594. The van der Waals surface area contributed by atoms with Gasteiger partial charge in [-0.3, -0.25) is 0 Å². The van der Waals surface area contributed by atoms with Gasteiger partial charge in [0, 0.05) is 0 Å². The topological polar surface area (TPSA) is 60.4 Å². The van der Waals surface area contributed by atoms with Crippen LogP contribution in [0.3, 0.4) is 0 Å². The zero-order valence-electron chi connectivity index (χ0n) is 4.20. The molecule has 45 valence electrons. The molecule has 0 bridgehead atoms. The first-order chi connectivity index (χ1) is 3.70. The van der Waals surface area contributed by atoms with E-state index in [9.17, 15) is 9.90 Å². The van der Waals surface area contributed by atoms with Crippen molar-refractivity contribution in [3.8, 4) is 0 Å². The van der Waals surface area contributed by atoms with E-state index in [4.69, 9.17) is 5.11 Å². The van der Waals surface area contributed by atoms with Crippen molar-refractivity contribution in [3.05, 3.63) is 0 Å². The van der Waals surface area contributed by atoms with Crippen molar-refractivity contribution >= 4 is 6.09 Å². The molecule has 1 aliphatic rings. The van der Waals surface area contributed by atoms with E-state index in [-0.39, 0.29) is 13.1 Å². The predicted molar refractivity (Wildman–Crippen MR) is 24.1 cm³/mol. The molecule has 0 aromatic carbocycles. The molecule has 0 spiro atoms. The minimum absolute atomic E-state index is 0.162. The Hall–Kier alpha value is -0.770. The highest BCUT2D eigenvalue weighted by Crippen LogP contribution is 2.06. The van der Waals surface area contributed by atoms with Crippen molar-refractivity contribution in [1.82, 2.24) is 4.90 Å². The monoisotopic (exact) mass is 116 g/mol. The molecular weight excluding hydrogens is 110 g/mol. The molecule has 0 aliphatic carbocycles. The van der Waals surface area contributed by atoms with Crippen LogP contribution >= 0.6 is 0 Å². The van der Waals surface area contributed by atoms with Crippen LogP contribution in [0.4, 0.5) is 4.79 Å². The second-order valence-electron chi connectivity index (χ2n) is 1.81. The van der Waals surface area contributed by atoms with Crippen LogP contribution in [-0.2, 0) is 5.11 Å². The van der Waals surface area contributed by atoms with Gasteiger partial charge in [0.2, 0.25) is 0 Å². The summed E-state index contributed by atoms with van der Waals surface area (Å²) in [4.78, 5) is 11.0. The maximum absolute atomic E-state index is 10.2. The van der Waals surface area contributed by atoms with Crippen LogP contribution in [0.2, 0.25) is 0 Å². The van der Waals surface area contributed by atoms with Crippen LogP contribution in [0.15, 0.2) is 0 Å². The molecule has 1 aliphatic heterocycles. The maximum atomic E-state index is 10.2. The zero-order chi connectivity index (χ0) is 6.15. The molecule has 4 nitrogen and oxygen atoms in total. The van der Waals surface area contributed by atoms with Crippen LogP contribution in [0, 0.1) is 0 Å². The normalized spacial score (nSPS) is 20.4. The summed E-state index contributed by atoms with van der Waals surface area (Å²) in [5, 5.41) is 18.3. The van der Waals surface area contributed by atoms with Crippen LogP contribution in [0.25, 0.3) is 0 Å². The van der Waals surface area contributed by atoms with Crippen molar-refractivity contribution in [2.45, 2.75) is 6.10 Å². The van der Waals surface area contributed by atoms with Crippen LogP contribution in [0.1, 0.15) is 0 Å². The maximum Gasteiger partial charge on any atom is 0.407 e. The van der Waals surface area contributed by atoms with Crippen LogP contribution in [-0.4, -0.2) is 35.3 Å². The van der Waals surface area contributed by atoms with Crippen LogP contribution in [0.5, 0.6) is 0 Å². The summed E-state index contributed by atoms with van der Waals surface area (Å²) in [5.41, 5.74) is 0. The standard InChI is InChI=1S/C4H6NO3/c6-3-1-5(2-3)4(7)8/h3H,1-2H2,(H,7,8). The summed E-state index contributed by atoms with van der Waals surface area (Å²) in [7, 11) is 0. The molecule has 1 amide bonds. The quantitative estimate of drug-likeness (QED) is 0.475. The fourth-order valence-electron chi connectivity index (χ4n) is 0.594. The van der Waals surface area contributed by atoms with Crippen molar-refractivity contribution in [2.24, 2.45) is 0 Å². The molecule has 0 saturated carbocycles. The van der Waals surface area contributed by atoms with Crippen molar-refractivity contribution in [3.63, 3.8) is 0 Å². The first-order valence-corrected chi connectivity index (χ1v) is 2.34. The van der Waals surface area contributed by atoms with Crippen molar-refractivity contribution < 1.29 is 15.0 Å². The minimum atomic E-state index is -0.989. The molecule has 4 heteroatoms. The van der Waals surface area contributed by atoms with Gasteiger partial charge in [0.1, 0.15) is 6.10 Å². The average Bonchev–Trinajstić information content (AvgIpc) is 1.57. The molecule has 1 rings (SSSR count). The summed E-state index contributed by atoms with van der Waals surface area (Å²) < 4.78 is 0. The summed E-state index contributed by atoms with van der Waals surface area (Å²) in [6.45, 7) is 0.324. The third-order valence-corrected chi connectivity index (χ3v) is 1.12. The van der Waals surface area contributed by atoms with E-state index in [1.807, 2.05) is 0 Å². The molecule has 0 unspecified atom stereocenters. The van der Waals surface area contributed by atoms with E-state index in [0.717, 1.165) is 4.90 Å². The molecule has 0 aromatic heterocycles. The highest BCUT2D eigenvalue weighted by Gasteiger charge is 2.29. The largest absolute Gasteiger partial charge is 0.465 e. The minimum Gasteiger partial charge on any atom is -0.465 e. The molecule has 1 fully saturated rings. The summed E-state index contributed by atoms with van der Waals surface area (Å²) in [6.07, 6.45) is -1.66. The van der Waals surface area contributed by atoms with Gasteiger partial charge in [-0.05, 0) is 0 Å². The van der Waals surface area contributed by atoms with Gasteiger partial charge >= 0.3 is 6.09 Å². The molecule has 1 N–H and O–H groups in total. The Labute approximate surface area is 46.3 Å². The Morgan fingerprint density at radius 1 is 1.62 bits per heavy atom. The summed E-state index contributed by atoms with van der Waals surface area (Å²) in [5.74, 6) is 0. The van der Waals surface area contributed by atoms with E-state index in [0.29, 0.717) is 0 Å². The highest BCUT2D eigenvalue weighted by molar-refractivity contribution is 5.66. The van der Waals surface area contributed by atoms with Crippen LogP contribution < -0.4 is 0 Å². The van der Waals surface area contributed by atoms with Gasteiger partial charge in [0.15, 0.2) is 0 Å². The van der Waals surface area contributed by atoms with Crippen molar-refractivity contribution in [2.75, 3.05) is 13.1 Å². The lowest BCUT2D eigenvalue weighted by Crippen LogP contribution is -2.52. The molecule has 1 saturated heterocycles. The first kappa shape index (κ1) is 5.37. The SMILES string of the molecule is [O]C1CN(C(=O)O)C1. The van der Waals surface area contributed by atoms with E-state index >= 15 is 0 Å². The zero-order valence-corrected chi connectivity index (χ0v) is 4.20. The van der Waals surface area contributed by atoms with Gasteiger partial charge in [-0.1, -0.05) is 0 Å². The smallest absolute Gasteiger partial charge is 0.407 e. The summed E-state index contributed by atoms with van der Waals surface area (Å²) in [6, 6.07) is 0. The van der Waals surface area contributed by atoms with Gasteiger partial charge in [-0.25, -0.2) is 9.90 Å². The first-order valence-electron chi connectivity index (χ1n) is 2.34. The Bertz CT molecular complexity index is 108. The second-order valence-corrected chi connectivity index (χ2v) is 1.81. The van der Waals surface area contributed by atoms with E-state index in [1.54, 1.807) is 0 Å². The second kappa shape index (κ2) is 1.63. The van der Waals surface area contributed by atoms with E-state index < -0.39 is 12.2 Å². The molecule has 0 atom stereocenters. The van der Waals surface area contributed by atoms with Gasteiger partial charge in [-0.2, -0.15) is 0 Å². The fraction of sp³-hybridized carbons (Fsp3) is 0.750. The molecule has 0 aromatic rings. The van der Waals surface area contributed by atoms with Gasteiger partial charge in [0.25, 0.3) is 0 Å². The average molecular weight is 116 g/mol. The number of likely N-dealkylation sites (tertiary alicyclic amines) is 1. The lowest BCUT2D eigenvalue weighted by molar-refractivity contribution is -0.0327. The lowest BCUT2D eigenvalue weighted by atomic mass is 10.2. The van der Waals surface area contributed by atoms with Gasteiger partial charge < -0.3 is 10.0 Å². The van der Waals surface area contributed by atoms with Gasteiger partial charge in [-0.15, -0.1) is 0 Å². The number of carbonyl (C=O) groups is 1. The highest BCUT2D eigenvalue weighted by atomic mass is 16.4. The molecule has 8 heavy (non-hydrogen) atoms. The van der Waals surface area contributed by atoms with Gasteiger partial charge in [0.05, 0.1) is 13.1 Å². The van der Waals surface area contributed by atoms with E-state index in [2.05, 4.69) is 0 Å². The number of amides is 1. The predicted octanol–water partition coefficient (Wildman–Crippen LogP) is -0.221. The number of carboxylic acid groups (broad SMARTS) is 1. The Morgan fingerprint density at radius 2 is 2.12 bits per heavy atom. The molecule has 1 radical (unpaired) electrons. The number of nitrogens with zero attached hydrogens (tertiary/aromatic N) is 1. The Balaban J connectivity index is 2.25. The molecular formula is C4H6NO3. The third-order valence-electron chi connectivity index (χ3n) is 1.12. The third kappa shape index (κ3) is 0.742. The van der Waals surface area contributed by atoms with E-state index in [1.165, 1.54) is 0 Å². The summed E-state index contributed by atoms with van der Waals surface area (Å²) >= 11 is 0. The Morgan fingerprint density at radius 3 is 2.25 bits per heavy atom. The number of hydrogen-bond donors (Lipinski definition) is 1. The number of hydrogen-bond acceptors (Lipinski definition) is 1.